The summed E-state index contributed by atoms with van der Waals surface area (Å²) in [6.45, 7) is 4.47. The van der Waals surface area contributed by atoms with Crippen LogP contribution in [0.3, 0.4) is 0 Å². The molecule has 3 heteroatoms. The second-order valence-electron chi connectivity index (χ2n) is 4.04. The lowest BCUT2D eigenvalue weighted by Gasteiger charge is -1.97. The molecule has 2 rings (SSSR count). The zero-order chi connectivity index (χ0) is 8.77. The Labute approximate surface area is 76.9 Å². The molecule has 0 radical (unpaired) electrons. The van der Waals surface area contributed by atoms with E-state index in [1.807, 2.05) is 0 Å². The molecule has 1 saturated carbocycles. The van der Waals surface area contributed by atoms with Crippen LogP contribution in [-0.4, -0.2) is 4.98 Å². The molecule has 0 bridgehead atoms. The molecule has 0 N–H and O–H groups in total. The zero-order valence-corrected chi connectivity index (χ0v) is 8.06. The average molecular weight is 186 g/mol. The van der Waals surface area contributed by atoms with Crippen molar-refractivity contribution in [3.8, 4) is 0 Å². The molecule has 1 aromatic heterocycles. The van der Waals surface area contributed by atoms with Gasteiger partial charge in [-0.2, -0.15) is 0 Å². The lowest BCUT2D eigenvalue weighted by molar-refractivity contribution is 0.452. The molecule has 1 aliphatic carbocycles. The van der Waals surface area contributed by atoms with Crippen molar-refractivity contribution in [3.05, 3.63) is 17.8 Å². The first kappa shape index (κ1) is 8.11. The summed E-state index contributed by atoms with van der Waals surface area (Å²) in [5.41, 5.74) is 0.406. The number of rotatable bonds is 2. The molecular weight excluding hydrogens is 174 g/mol. The van der Waals surface area contributed by atoms with Crippen molar-refractivity contribution in [1.29, 1.82) is 0 Å². The molecule has 0 amide bonds. The lowest BCUT2D eigenvalue weighted by atomic mass is 10.1. The Balaban J connectivity index is 2.15. The first-order valence-corrected chi connectivity index (χ1v) is 4.67. The average Bonchev–Trinajstić information content (AvgIpc) is 2.52. The van der Waals surface area contributed by atoms with Gasteiger partial charge in [-0.05, 0) is 11.8 Å². The molecule has 1 atom stereocenters. The van der Waals surface area contributed by atoms with E-state index in [1.54, 1.807) is 6.20 Å². The molecule has 1 aliphatic rings. The number of alkyl halides is 1. The largest absolute Gasteiger partial charge is 0.444 e. The Morgan fingerprint density at radius 3 is 2.83 bits per heavy atom. The molecule has 0 spiro atoms. The van der Waals surface area contributed by atoms with Gasteiger partial charge in [0.25, 0.3) is 0 Å². The van der Waals surface area contributed by atoms with E-state index < -0.39 is 0 Å². The third-order valence-corrected chi connectivity index (χ3v) is 2.77. The van der Waals surface area contributed by atoms with Crippen LogP contribution in [0, 0.1) is 5.41 Å². The maximum atomic E-state index is 5.58. The number of hydrogen-bond donors (Lipinski definition) is 0. The molecule has 0 aromatic carbocycles. The minimum absolute atomic E-state index is 0.368. The highest BCUT2D eigenvalue weighted by Gasteiger charge is 2.48. The minimum Gasteiger partial charge on any atom is -0.444 e. The maximum Gasteiger partial charge on any atom is 0.209 e. The molecule has 12 heavy (non-hydrogen) atoms. The van der Waals surface area contributed by atoms with Crippen LogP contribution >= 0.6 is 11.6 Å². The zero-order valence-electron chi connectivity index (χ0n) is 7.30. The Hall–Kier alpha value is -0.500. The Morgan fingerprint density at radius 1 is 1.75 bits per heavy atom. The molecule has 1 aromatic rings. The summed E-state index contributed by atoms with van der Waals surface area (Å²) in [5.74, 6) is 2.56. The number of oxazole rings is 1. The SMILES string of the molecule is CC1(C)CC1c1cnc(CCl)o1. The highest BCUT2D eigenvalue weighted by molar-refractivity contribution is 6.16. The van der Waals surface area contributed by atoms with E-state index in [1.165, 1.54) is 6.42 Å². The number of halogens is 1. The number of hydrogen-bond acceptors (Lipinski definition) is 2. The van der Waals surface area contributed by atoms with Crippen LogP contribution in [0.25, 0.3) is 0 Å². The van der Waals surface area contributed by atoms with Gasteiger partial charge in [-0.3, -0.25) is 0 Å². The number of nitrogens with zero attached hydrogens (tertiary/aromatic N) is 1. The molecule has 2 nitrogen and oxygen atoms in total. The van der Waals surface area contributed by atoms with Gasteiger partial charge in [0.05, 0.1) is 12.1 Å². The van der Waals surface area contributed by atoms with E-state index >= 15 is 0 Å². The minimum atomic E-state index is 0.368. The fourth-order valence-electron chi connectivity index (χ4n) is 1.50. The normalized spacial score (nSPS) is 25.8. The first-order valence-electron chi connectivity index (χ1n) is 4.14. The second kappa shape index (κ2) is 2.49. The summed E-state index contributed by atoms with van der Waals surface area (Å²) in [7, 11) is 0. The Morgan fingerprint density at radius 2 is 2.42 bits per heavy atom. The van der Waals surface area contributed by atoms with Crippen molar-refractivity contribution in [2.75, 3.05) is 0 Å². The number of aromatic nitrogens is 1. The molecular formula is C9H12ClNO. The van der Waals surface area contributed by atoms with Gasteiger partial charge < -0.3 is 4.42 Å². The van der Waals surface area contributed by atoms with Crippen LogP contribution in [-0.2, 0) is 5.88 Å². The molecule has 66 valence electrons. The predicted octanol–water partition coefficient (Wildman–Crippen LogP) is 2.93. The molecule has 0 saturated heterocycles. The van der Waals surface area contributed by atoms with E-state index in [4.69, 9.17) is 16.0 Å². The smallest absolute Gasteiger partial charge is 0.209 e. The second-order valence-corrected chi connectivity index (χ2v) is 4.30. The van der Waals surface area contributed by atoms with Gasteiger partial charge in [0.1, 0.15) is 5.76 Å². The third-order valence-electron chi connectivity index (χ3n) is 2.54. The van der Waals surface area contributed by atoms with Crippen molar-refractivity contribution >= 4 is 11.6 Å². The highest BCUT2D eigenvalue weighted by Crippen LogP contribution is 2.58. The van der Waals surface area contributed by atoms with Crippen LogP contribution in [0.1, 0.15) is 37.8 Å². The van der Waals surface area contributed by atoms with Gasteiger partial charge in [-0.25, -0.2) is 4.98 Å². The standard InChI is InChI=1S/C9H12ClNO/c1-9(2)3-6(9)7-5-11-8(4-10)12-7/h5-6H,3-4H2,1-2H3. The van der Waals surface area contributed by atoms with Gasteiger partial charge in [-0.15, -0.1) is 11.6 Å². The van der Waals surface area contributed by atoms with E-state index in [-0.39, 0.29) is 0 Å². The van der Waals surface area contributed by atoms with Crippen molar-refractivity contribution < 1.29 is 4.42 Å². The third kappa shape index (κ3) is 1.24. The van der Waals surface area contributed by atoms with Crippen LogP contribution < -0.4 is 0 Å². The van der Waals surface area contributed by atoms with E-state index in [2.05, 4.69) is 18.8 Å². The van der Waals surface area contributed by atoms with Gasteiger partial charge in [0.2, 0.25) is 5.89 Å². The first-order chi connectivity index (χ1) is 5.63. The Kier molecular flexibility index (Phi) is 1.69. The Bertz CT molecular complexity index is 292. The van der Waals surface area contributed by atoms with Gasteiger partial charge in [0, 0.05) is 5.92 Å². The van der Waals surface area contributed by atoms with Crippen LogP contribution in [0.4, 0.5) is 0 Å². The summed E-state index contributed by atoms with van der Waals surface area (Å²) in [6.07, 6.45) is 3.00. The monoisotopic (exact) mass is 185 g/mol. The predicted molar refractivity (Wildman–Crippen MR) is 47.2 cm³/mol. The van der Waals surface area contributed by atoms with Crippen LogP contribution in [0.15, 0.2) is 10.6 Å². The summed E-state index contributed by atoms with van der Waals surface area (Å²) in [6, 6.07) is 0. The molecule has 1 fully saturated rings. The van der Waals surface area contributed by atoms with E-state index in [0.717, 1.165) is 5.76 Å². The molecule has 1 unspecified atom stereocenters. The van der Waals surface area contributed by atoms with Crippen molar-refractivity contribution in [1.82, 2.24) is 4.98 Å². The topological polar surface area (TPSA) is 26.0 Å². The highest BCUT2D eigenvalue weighted by atomic mass is 35.5. The van der Waals surface area contributed by atoms with Crippen LogP contribution in [0.5, 0.6) is 0 Å². The van der Waals surface area contributed by atoms with Gasteiger partial charge in [0.15, 0.2) is 0 Å². The maximum absolute atomic E-state index is 5.58. The summed E-state index contributed by atoms with van der Waals surface area (Å²) in [4.78, 5) is 4.06. The summed E-state index contributed by atoms with van der Waals surface area (Å²) in [5, 5.41) is 0. The summed E-state index contributed by atoms with van der Waals surface area (Å²) >= 11 is 5.58. The lowest BCUT2D eigenvalue weighted by Crippen LogP contribution is -1.87. The van der Waals surface area contributed by atoms with E-state index in [9.17, 15) is 0 Å². The fraction of sp³-hybridized carbons (Fsp3) is 0.667. The van der Waals surface area contributed by atoms with Crippen LogP contribution in [0.2, 0.25) is 0 Å². The summed E-state index contributed by atoms with van der Waals surface area (Å²) < 4.78 is 5.45. The molecule has 0 aliphatic heterocycles. The van der Waals surface area contributed by atoms with Crippen molar-refractivity contribution in [3.63, 3.8) is 0 Å². The van der Waals surface area contributed by atoms with Crippen molar-refractivity contribution in [2.24, 2.45) is 5.41 Å². The van der Waals surface area contributed by atoms with Crippen molar-refractivity contribution in [2.45, 2.75) is 32.1 Å². The van der Waals surface area contributed by atoms with Gasteiger partial charge >= 0.3 is 0 Å². The van der Waals surface area contributed by atoms with Gasteiger partial charge in [-0.1, -0.05) is 13.8 Å². The molecule has 1 heterocycles. The quantitative estimate of drug-likeness (QED) is 0.663. The van der Waals surface area contributed by atoms with E-state index in [0.29, 0.717) is 23.1 Å². The fourth-order valence-corrected chi connectivity index (χ4v) is 1.62.